The number of para-hydroxylation sites is 1. The molecule has 0 aliphatic heterocycles. The van der Waals surface area contributed by atoms with Gasteiger partial charge in [0.05, 0.1) is 19.9 Å². The fourth-order valence-electron chi connectivity index (χ4n) is 3.03. The van der Waals surface area contributed by atoms with Crippen LogP contribution in [-0.2, 0) is 6.54 Å². The highest BCUT2D eigenvalue weighted by Gasteiger charge is 2.09. The van der Waals surface area contributed by atoms with Crippen molar-refractivity contribution in [3.8, 4) is 11.4 Å². The molecular formula is C21H22ClN3O. The number of aryl methyl sites for hydroxylation is 1. The van der Waals surface area contributed by atoms with Gasteiger partial charge in [0.15, 0.2) is 0 Å². The van der Waals surface area contributed by atoms with E-state index in [1.165, 1.54) is 0 Å². The summed E-state index contributed by atoms with van der Waals surface area (Å²) in [6.45, 7) is 4.76. The molecule has 26 heavy (non-hydrogen) atoms. The minimum atomic E-state index is 0.605. The molecule has 0 amide bonds. The van der Waals surface area contributed by atoms with Crippen molar-refractivity contribution in [2.24, 2.45) is 5.10 Å². The maximum atomic E-state index is 6.13. The number of rotatable bonds is 6. The Balaban J connectivity index is 1.74. The number of benzene rings is 2. The summed E-state index contributed by atoms with van der Waals surface area (Å²) in [4.78, 5) is 0. The summed E-state index contributed by atoms with van der Waals surface area (Å²) in [5, 5.41) is 5.09. The number of ether oxygens (including phenoxy) is 1. The number of hydrazone groups is 1. The first kappa shape index (κ1) is 18.1. The quantitative estimate of drug-likeness (QED) is 0.498. The predicted molar refractivity (Wildman–Crippen MR) is 108 cm³/mol. The van der Waals surface area contributed by atoms with Crippen LogP contribution in [0.15, 0.2) is 59.7 Å². The third kappa shape index (κ3) is 3.92. The van der Waals surface area contributed by atoms with E-state index in [2.05, 4.69) is 35.0 Å². The van der Waals surface area contributed by atoms with Gasteiger partial charge in [0.25, 0.3) is 0 Å². The third-order valence-corrected chi connectivity index (χ3v) is 4.53. The van der Waals surface area contributed by atoms with Crippen LogP contribution < -0.4 is 10.2 Å². The Labute approximate surface area is 159 Å². The minimum Gasteiger partial charge on any atom is -0.496 e. The largest absolute Gasteiger partial charge is 0.496 e. The molecule has 1 heterocycles. The van der Waals surface area contributed by atoms with Gasteiger partial charge in [0, 0.05) is 33.2 Å². The van der Waals surface area contributed by atoms with E-state index >= 15 is 0 Å². The van der Waals surface area contributed by atoms with Gasteiger partial charge in [-0.3, -0.25) is 0 Å². The van der Waals surface area contributed by atoms with Crippen molar-refractivity contribution >= 4 is 17.8 Å². The van der Waals surface area contributed by atoms with Crippen LogP contribution in [0.5, 0.6) is 5.75 Å². The van der Waals surface area contributed by atoms with Crippen molar-refractivity contribution in [1.82, 2.24) is 9.99 Å². The highest BCUT2D eigenvalue weighted by molar-refractivity contribution is 6.30. The molecule has 0 fully saturated rings. The van der Waals surface area contributed by atoms with Gasteiger partial charge in [0.2, 0.25) is 0 Å². The lowest BCUT2D eigenvalue weighted by molar-refractivity contribution is 0.408. The summed E-state index contributed by atoms with van der Waals surface area (Å²) in [5.41, 5.74) is 8.52. The van der Waals surface area contributed by atoms with Gasteiger partial charge < -0.3 is 14.7 Å². The molecule has 0 radical (unpaired) electrons. The van der Waals surface area contributed by atoms with Gasteiger partial charge in [0.1, 0.15) is 5.75 Å². The molecule has 3 aromatic rings. The SMILES string of the molecule is COc1ccccc1CN/N=C/c1cc(C)n(-c2cccc(Cl)c2)c1C. The molecule has 4 nitrogen and oxygen atoms in total. The normalized spacial score (nSPS) is 11.1. The Bertz CT molecular complexity index is 931. The predicted octanol–water partition coefficient (Wildman–Crippen LogP) is 4.88. The first-order valence-corrected chi connectivity index (χ1v) is 8.80. The van der Waals surface area contributed by atoms with Crippen LogP contribution in [0.25, 0.3) is 5.69 Å². The number of nitrogens with one attached hydrogen (secondary N) is 1. The molecule has 0 spiro atoms. The second kappa shape index (κ2) is 8.11. The van der Waals surface area contributed by atoms with E-state index in [0.717, 1.165) is 39.0 Å². The van der Waals surface area contributed by atoms with Crippen LogP contribution in [0.1, 0.15) is 22.5 Å². The van der Waals surface area contributed by atoms with E-state index in [0.29, 0.717) is 6.54 Å². The molecular weight excluding hydrogens is 346 g/mol. The van der Waals surface area contributed by atoms with E-state index in [1.807, 2.05) is 54.7 Å². The first-order chi connectivity index (χ1) is 12.6. The van der Waals surface area contributed by atoms with Crippen LogP contribution in [0.4, 0.5) is 0 Å². The minimum absolute atomic E-state index is 0.605. The lowest BCUT2D eigenvalue weighted by Gasteiger charge is -2.10. The van der Waals surface area contributed by atoms with Gasteiger partial charge in [-0.15, -0.1) is 0 Å². The molecule has 1 N–H and O–H groups in total. The molecule has 0 saturated heterocycles. The highest BCUT2D eigenvalue weighted by Crippen LogP contribution is 2.22. The third-order valence-electron chi connectivity index (χ3n) is 4.29. The fourth-order valence-corrected chi connectivity index (χ4v) is 3.21. The molecule has 0 saturated carbocycles. The maximum absolute atomic E-state index is 6.13. The average Bonchev–Trinajstić information content (AvgIpc) is 2.92. The summed E-state index contributed by atoms with van der Waals surface area (Å²) in [7, 11) is 1.67. The molecule has 3 rings (SSSR count). The van der Waals surface area contributed by atoms with Gasteiger partial charge in [-0.25, -0.2) is 0 Å². The number of hydrogen-bond donors (Lipinski definition) is 1. The number of halogens is 1. The average molecular weight is 368 g/mol. The maximum Gasteiger partial charge on any atom is 0.123 e. The van der Waals surface area contributed by atoms with Gasteiger partial charge in [-0.1, -0.05) is 35.9 Å². The Morgan fingerprint density at radius 1 is 1.12 bits per heavy atom. The summed E-state index contributed by atoms with van der Waals surface area (Å²) in [5.74, 6) is 0.856. The molecule has 2 aromatic carbocycles. The number of aromatic nitrogens is 1. The second-order valence-electron chi connectivity index (χ2n) is 6.05. The zero-order valence-electron chi connectivity index (χ0n) is 15.2. The molecule has 0 bridgehead atoms. The topological polar surface area (TPSA) is 38.5 Å². The van der Waals surface area contributed by atoms with E-state index < -0.39 is 0 Å². The zero-order chi connectivity index (χ0) is 18.5. The van der Waals surface area contributed by atoms with E-state index in [1.54, 1.807) is 7.11 Å². The number of methoxy groups -OCH3 is 1. The van der Waals surface area contributed by atoms with Crippen LogP contribution in [-0.4, -0.2) is 17.9 Å². The van der Waals surface area contributed by atoms with Crippen LogP contribution in [0.2, 0.25) is 5.02 Å². The lowest BCUT2D eigenvalue weighted by atomic mass is 10.2. The standard InChI is InChI=1S/C21H22ClN3O/c1-15-11-18(16(2)25(15)20-9-6-8-19(22)12-20)14-24-23-13-17-7-4-5-10-21(17)26-3/h4-12,14,23H,13H2,1-3H3/b24-14+. The second-order valence-corrected chi connectivity index (χ2v) is 6.48. The van der Waals surface area contributed by atoms with Gasteiger partial charge in [-0.2, -0.15) is 5.10 Å². The fraction of sp³-hybridized carbons (Fsp3) is 0.190. The first-order valence-electron chi connectivity index (χ1n) is 8.43. The lowest BCUT2D eigenvalue weighted by Crippen LogP contribution is -2.07. The summed E-state index contributed by atoms with van der Waals surface area (Å²) in [6.07, 6.45) is 1.85. The van der Waals surface area contributed by atoms with E-state index in [4.69, 9.17) is 16.3 Å². The van der Waals surface area contributed by atoms with Gasteiger partial charge >= 0.3 is 0 Å². The summed E-state index contributed by atoms with van der Waals surface area (Å²) < 4.78 is 7.53. The van der Waals surface area contributed by atoms with Gasteiger partial charge in [-0.05, 0) is 44.2 Å². The highest BCUT2D eigenvalue weighted by atomic mass is 35.5. The number of hydrogen-bond acceptors (Lipinski definition) is 3. The van der Waals surface area contributed by atoms with Crippen LogP contribution >= 0.6 is 11.6 Å². The Hall–Kier alpha value is -2.72. The Morgan fingerprint density at radius 2 is 1.92 bits per heavy atom. The van der Waals surface area contributed by atoms with Crippen molar-refractivity contribution in [2.45, 2.75) is 20.4 Å². The molecule has 5 heteroatoms. The Kier molecular flexibility index (Phi) is 5.64. The van der Waals surface area contributed by atoms with Crippen molar-refractivity contribution < 1.29 is 4.74 Å². The molecule has 0 atom stereocenters. The monoisotopic (exact) mass is 367 g/mol. The summed E-state index contributed by atoms with van der Waals surface area (Å²) >= 11 is 6.13. The molecule has 0 aliphatic carbocycles. The van der Waals surface area contributed by atoms with Crippen LogP contribution in [0, 0.1) is 13.8 Å². The smallest absolute Gasteiger partial charge is 0.123 e. The van der Waals surface area contributed by atoms with E-state index in [9.17, 15) is 0 Å². The Morgan fingerprint density at radius 3 is 2.69 bits per heavy atom. The molecule has 1 aromatic heterocycles. The van der Waals surface area contributed by atoms with Crippen molar-refractivity contribution in [2.75, 3.05) is 7.11 Å². The summed E-state index contributed by atoms with van der Waals surface area (Å²) in [6, 6.07) is 17.9. The zero-order valence-corrected chi connectivity index (χ0v) is 15.9. The molecule has 0 unspecified atom stereocenters. The van der Waals surface area contributed by atoms with Crippen molar-refractivity contribution in [3.63, 3.8) is 0 Å². The number of nitrogens with zero attached hydrogens (tertiary/aromatic N) is 2. The molecule has 0 aliphatic rings. The van der Waals surface area contributed by atoms with Crippen molar-refractivity contribution in [1.29, 1.82) is 0 Å². The molecule has 134 valence electrons. The van der Waals surface area contributed by atoms with Crippen molar-refractivity contribution in [3.05, 3.63) is 82.1 Å². The van der Waals surface area contributed by atoms with E-state index in [-0.39, 0.29) is 0 Å². The van der Waals surface area contributed by atoms with Crippen LogP contribution in [0.3, 0.4) is 0 Å².